The van der Waals surface area contributed by atoms with Gasteiger partial charge in [0, 0.05) is 17.4 Å². The van der Waals surface area contributed by atoms with Gasteiger partial charge in [0.25, 0.3) is 0 Å². The molecule has 4 nitrogen and oxygen atoms in total. The summed E-state index contributed by atoms with van der Waals surface area (Å²) in [5.41, 5.74) is 1.07. The average Bonchev–Trinajstić information content (AvgIpc) is 2.48. The summed E-state index contributed by atoms with van der Waals surface area (Å²) in [5.74, 6) is 0.00320. The van der Waals surface area contributed by atoms with Crippen LogP contribution in [0, 0.1) is 11.3 Å². The number of hydrogen-bond donors (Lipinski definition) is 0. The highest BCUT2D eigenvalue weighted by molar-refractivity contribution is 8.14. The third-order valence-corrected chi connectivity index (χ3v) is 3.47. The van der Waals surface area contributed by atoms with Crippen LogP contribution in [-0.2, 0) is 4.79 Å². The van der Waals surface area contributed by atoms with Crippen molar-refractivity contribution in [2.75, 3.05) is 0 Å². The minimum absolute atomic E-state index is 0.117. The van der Waals surface area contributed by atoms with E-state index in [4.69, 9.17) is 10.00 Å². The Hall–Kier alpha value is -2.58. The molecule has 2 aromatic rings. The molecule has 21 heavy (non-hydrogen) atoms. The molecule has 2 aromatic carbocycles. The molecule has 5 heteroatoms. The Morgan fingerprint density at radius 3 is 2.19 bits per heavy atom. The molecule has 0 aliphatic rings. The molecule has 0 saturated carbocycles. The lowest BCUT2D eigenvalue weighted by Crippen LogP contribution is -2.01. The van der Waals surface area contributed by atoms with Gasteiger partial charge in [0.2, 0.25) is 5.12 Å². The molecule has 0 N–H and O–H groups in total. The molecule has 0 fully saturated rings. The third kappa shape index (κ3) is 4.20. The molecule has 0 heterocycles. The van der Waals surface area contributed by atoms with E-state index in [1.54, 1.807) is 48.5 Å². The zero-order valence-corrected chi connectivity index (χ0v) is 12.0. The lowest BCUT2D eigenvalue weighted by molar-refractivity contribution is -0.131. The number of esters is 1. The summed E-state index contributed by atoms with van der Waals surface area (Å²) >= 11 is 1.08. The van der Waals surface area contributed by atoms with Gasteiger partial charge in [-0.15, -0.1) is 0 Å². The fourth-order valence-corrected chi connectivity index (χ4v) is 2.33. The van der Waals surface area contributed by atoms with E-state index in [0.717, 1.165) is 16.7 Å². The fraction of sp³-hybridized carbons (Fsp3) is 0.0625. The molecule has 0 aliphatic carbocycles. The highest BCUT2D eigenvalue weighted by atomic mass is 32.2. The molecular weight excluding hydrogens is 286 g/mol. The lowest BCUT2D eigenvalue weighted by atomic mass is 10.2. The molecule has 0 amide bonds. The minimum atomic E-state index is -0.402. The van der Waals surface area contributed by atoms with Crippen molar-refractivity contribution in [3.63, 3.8) is 0 Å². The molecule has 0 unspecified atom stereocenters. The molecule has 0 aliphatic heterocycles. The Balaban J connectivity index is 2.05. The Labute approximate surface area is 126 Å². The first-order valence-corrected chi connectivity index (χ1v) is 6.91. The standard InChI is InChI=1S/C16H11NO3S/c1-11(18)20-14-6-4-13(5-7-14)16(19)21-15-8-2-12(10-17)3-9-15/h2-9H,1H3. The maximum Gasteiger partial charge on any atom is 0.308 e. The second kappa shape index (κ2) is 6.73. The van der Waals surface area contributed by atoms with Crippen molar-refractivity contribution in [3.05, 3.63) is 59.7 Å². The van der Waals surface area contributed by atoms with Crippen LogP contribution in [-0.4, -0.2) is 11.1 Å². The van der Waals surface area contributed by atoms with E-state index < -0.39 is 5.97 Å². The van der Waals surface area contributed by atoms with Crippen LogP contribution in [0.25, 0.3) is 0 Å². The number of nitrogens with zero attached hydrogens (tertiary/aromatic N) is 1. The van der Waals surface area contributed by atoms with E-state index >= 15 is 0 Å². The molecule has 0 saturated heterocycles. The van der Waals surface area contributed by atoms with Gasteiger partial charge >= 0.3 is 5.97 Å². The first-order valence-electron chi connectivity index (χ1n) is 6.09. The molecule has 0 atom stereocenters. The van der Waals surface area contributed by atoms with Gasteiger partial charge in [0.15, 0.2) is 0 Å². The summed E-state index contributed by atoms with van der Waals surface area (Å²) in [7, 11) is 0. The maximum absolute atomic E-state index is 12.1. The van der Waals surface area contributed by atoms with Crippen LogP contribution in [0.4, 0.5) is 0 Å². The van der Waals surface area contributed by atoms with Gasteiger partial charge in [-0.3, -0.25) is 9.59 Å². The number of carbonyl (C=O) groups excluding carboxylic acids is 2. The van der Waals surface area contributed by atoms with E-state index in [0.29, 0.717) is 16.9 Å². The molecule has 2 rings (SSSR count). The second-order valence-corrected chi connectivity index (χ2v) is 5.19. The van der Waals surface area contributed by atoms with E-state index in [1.807, 2.05) is 6.07 Å². The zero-order valence-electron chi connectivity index (χ0n) is 11.2. The van der Waals surface area contributed by atoms with E-state index in [2.05, 4.69) is 0 Å². The number of nitriles is 1. The Morgan fingerprint density at radius 2 is 1.67 bits per heavy atom. The molecular formula is C16H11NO3S. The summed E-state index contributed by atoms with van der Waals surface area (Å²) in [6, 6.07) is 15.2. The molecule has 0 spiro atoms. The van der Waals surface area contributed by atoms with Gasteiger partial charge in [-0.05, 0) is 60.3 Å². The molecule has 0 radical (unpaired) electrons. The maximum atomic E-state index is 12.1. The Kier molecular flexibility index (Phi) is 4.75. The average molecular weight is 297 g/mol. The number of carbonyl (C=O) groups is 2. The number of rotatable bonds is 3. The number of ether oxygens (including phenoxy) is 1. The highest BCUT2D eigenvalue weighted by Crippen LogP contribution is 2.24. The summed E-state index contributed by atoms with van der Waals surface area (Å²) in [6.07, 6.45) is 0. The fourth-order valence-electron chi connectivity index (χ4n) is 1.59. The SMILES string of the molecule is CC(=O)Oc1ccc(C(=O)Sc2ccc(C#N)cc2)cc1. The topological polar surface area (TPSA) is 67.2 Å². The summed E-state index contributed by atoms with van der Waals surface area (Å²) < 4.78 is 4.91. The van der Waals surface area contributed by atoms with E-state index in [1.165, 1.54) is 6.92 Å². The lowest BCUT2D eigenvalue weighted by Gasteiger charge is -2.03. The van der Waals surface area contributed by atoms with Crippen molar-refractivity contribution in [3.8, 4) is 11.8 Å². The van der Waals surface area contributed by atoms with Gasteiger partial charge in [0.1, 0.15) is 5.75 Å². The second-order valence-electron chi connectivity index (χ2n) is 4.14. The molecule has 0 aromatic heterocycles. The predicted molar refractivity (Wildman–Crippen MR) is 79.1 cm³/mol. The van der Waals surface area contributed by atoms with Crippen LogP contribution in [0.2, 0.25) is 0 Å². The Morgan fingerprint density at radius 1 is 1.05 bits per heavy atom. The Bertz CT molecular complexity index is 700. The summed E-state index contributed by atoms with van der Waals surface area (Å²) in [5, 5.41) is 8.60. The predicted octanol–water partition coefficient (Wildman–Crippen LogP) is 3.42. The van der Waals surface area contributed by atoms with Crippen molar-refractivity contribution in [2.45, 2.75) is 11.8 Å². The number of thioether (sulfide) groups is 1. The normalized spacial score (nSPS) is 9.71. The van der Waals surface area contributed by atoms with Crippen LogP contribution in [0.3, 0.4) is 0 Å². The quantitative estimate of drug-likeness (QED) is 0.493. The summed E-state index contributed by atoms with van der Waals surface area (Å²) in [6.45, 7) is 1.32. The highest BCUT2D eigenvalue weighted by Gasteiger charge is 2.09. The minimum Gasteiger partial charge on any atom is -0.427 e. The van der Waals surface area contributed by atoms with Gasteiger partial charge < -0.3 is 4.74 Å². The van der Waals surface area contributed by atoms with Crippen molar-refractivity contribution in [1.29, 1.82) is 5.26 Å². The number of hydrogen-bond acceptors (Lipinski definition) is 5. The first-order chi connectivity index (χ1) is 10.1. The van der Waals surface area contributed by atoms with Crippen molar-refractivity contribution < 1.29 is 14.3 Å². The summed E-state index contributed by atoms with van der Waals surface area (Å²) in [4.78, 5) is 23.7. The van der Waals surface area contributed by atoms with Crippen molar-refractivity contribution >= 4 is 22.8 Å². The van der Waals surface area contributed by atoms with E-state index in [-0.39, 0.29) is 5.12 Å². The van der Waals surface area contributed by atoms with Gasteiger partial charge in [-0.25, -0.2) is 0 Å². The van der Waals surface area contributed by atoms with Gasteiger partial charge in [0.05, 0.1) is 11.6 Å². The third-order valence-electron chi connectivity index (χ3n) is 2.55. The molecule has 0 bridgehead atoms. The van der Waals surface area contributed by atoms with Gasteiger partial charge in [-0.2, -0.15) is 5.26 Å². The smallest absolute Gasteiger partial charge is 0.308 e. The largest absolute Gasteiger partial charge is 0.427 e. The van der Waals surface area contributed by atoms with Crippen LogP contribution in [0.5, 0.6) is 5.75 Å². The van der Waals surface area contributed by atoms with Gasteiger partial charge in [-0.1, -0.05) is 0 Å². The monoisotopic (exact) mass is 297 g/mol. The van der Waals surface area contributed by atoms with Crippen LogP contribution < -0.4 is 4.74 Å². The van der Waals surface area contributed by atoms with Crippen molar-refractivity contribution in [1.82, 2.24) is 0 Å². The van der Waals surface area contributed by atoms with E-state index in [9.17, 15) is 9.59 Å². The van der Waals surface area contributed by atoms with Crippen LogP contribution >= 0.6 is 11.8 Å². The number of benzene rings is 2. The molecule has 104 valence electrons. The van der Waals surface area contributed by atoms with Crippen LogP contribution in [0.1, 0.15) is 22.8 Å². The zero-order chi connectivity index (χ0) is 15.2. The van der Waals surface area contributed by atoms with Crippen LogP contribution in [0.15, 0.2) is 53.4 Å². The van der Waals surface area contributed by atoms with Crippen molar-refractivity contribution in [2.24, 2.45) is 0 Å². The first kappa shape index (κ1) is 14.8.